The Hall–Kier alpha value is -4.34. The fourth-order valence-electron chi connectivity index (χ4n) is 5.02. The van der Waals surface area contributed by atoms with Gasteiger partial charge in [-0.3, -0.25) is 28.8 Å². The minimum atomic E-state index is -1.12. The first-order chi connectivity index (χ1) is 20.4. The van der Waals surface area contributed by atoms with Gasteiger partial charge in [-0.2, -0.15) is 0 Å². The van der Waals surface area contributed by atoms with Crippen LogP contribution in [0, 0.1) is 23.7 Å². The highest BCUT2D eigenvalue weighted by Crippen LogP contribution is 2.23. The number of carbonyl (C=O) groups excluding carboxylic acids is 6. The second-order valence-electron chi connectivity index (χ2n) is 11.6. The van der Waals surface area contributed by atoms with Crippen LogP contribution in [0.4, 0.5) is 0 Å². The Morgan fingerprint density at radius 2 is 1.44 bits per heavy atom. The largest absolute Gasteiger partial charge is 0.461 e. The van der Waals surface area contributed by atoms with Crippen LogP contribution in [0.15, 0.2) is 60.7 Å². The minimum Gasteiger partial charge on any atom is -0.461 e. The van der Waals surface area contributed by atoms with E-state index < -0.39 is 53.3 Å². The van der Waals surface area contributed by atoms with Crippen LogP contribution in [-0.2, 0) is 46.5 Å². The van der Waals surface area contributed by atoms with E-state index in [1.54, 1.807) is 0 Å². The molecule has 3 atom stereocenters. The molecule has 0 radical (unpaired) electrons. The number of carbonyl (C=O) groups is 6. The van der Waals surface area contributed by atoms with Crippen molar-refractivity contribution in [2.75, 3.05) is 13.1 Å². The fourth-order valence-corrected chi connectivity index (χ4v) is 5.02. The third-order valence-corrected chi connectivity index (χ3v) is 7.54. The second-order valence-corrected chi connectivity index (χ2v) is 11.6. The number of rotatable bonds is 16. The van der Waals surface area contributed by atoms with Gasteiger partial charge in [0.2, 0.25) is 17.6 Å². The van der Waals surface area contributed by atoms with E-state index in [1.807, 2.05) is 74.5 Å². The molecule has 10 heteroatoms. The van der Waals surface area contributed by atoms with E-state index in [2.05, 4.69) is 5.32 Å². The molecular formula is C33H41N3O7. The van der Waals surface area contributed by atoms with Crippen LogP contribution in [0.2, 0.25) is 0 Å². The molecule has 0 spiro atoms. The van der Waals surface area contributed by atoms with E-state index in [-0.39, 0.29) is 44.2 Å². The van der Waals surface area contributed by atoms with Crippen molar-refractivity contribution in [2.45, 2.75) is 59.1 Å². The highest BCUT2D eigenvalue weighted by molar-refractivity contribution is 6.38. The number of hydrogen-bond donors (Lipinski definition) is 2. The Morgan fingerprint density at radius 1 is 0.860 bits per heavy atom. The van der Waals surface area contributed by atoms with Crippen molar-refractivity contribution in [3.8, 4) is 0 Å². The number of nitrogens with two attached hydrogens (primary N) is 1. The van der Waals surface area contributed by atoms with Crippen molar-refractivity contribution in [3.63, 3.8) is 0 Å². The van der Waals surface area contributed by atoms with Gasteiger partial charge in [0.05, 0.1) is 18.4 Å². The van der Waals surface area contributed by atoms with Crippen molar-refractivity contribution >= 4 is 35.3 Å². The molecule has 230 valence electrons. The average Bonchev–Trinajstić information content (AvgIpc) is 2.94. The van der Waals surface area contributed by atoms with Crippen LogP contribution in [0.3, 0.4) is 0 Å². The number of primary amides is 1. The molecule has 3 amide bonds. The molecule has 3 N–H and O–H groups in total. The molecule has 3 rings (SSSR count). The molecule has 2 aromatic rings. The van der Waals surface area contributed by atoms with Crippen LogP contribution in [0.1, 0.15) is 51.2 Å². The highest BCUT2D eigenvalue weighted by Gasteiger charge is 2.40. The van der Waals surface area contributed by atoms with Crippen molar-refractivity contribution in [1.29, 1.82) is 0 Å². The van der Waals surface area contributed by atoms with E-state index in [0.717, 1.165) is 11.1 Å². The summed E-state index contributed by atoms with van der Waals surface area (Å²) in [4.78, 5) is 77.2. The van der Waals surface area contributed by atoms with Crippen LogP contribution in [0.25, 0.3) is 0 Å². The van der Waals surface area contributed by atoms with Gasteiger partial charge in [0.25, 0.3) is 5.91 Å². The van der Waals surface area contributed by atoms with E-state index in [9.17, 15) is 28.8 Å². The number of hydrogen-bond acceptors (Lipinski definition) is 7. The maximum atomic E-state index is 13.0. The number of benzene rings is 2. The topological polar surface area (TPSA) is 153 Å². The summed E-state index contributed by atoms with van der Waals surface area (Å²) in [6, 6.07) is 17.3. The number of nitrogens with zero attached hydrogens (tertiary/aromatic N) is 1. The molecule has 1 fully saturated rings. The smallest absolute Gasteiger partial charge is 0.306 e. The number of ether oxygens (including phenoxy) is 1. The van der Waals surface area contributed by atoms with Crippen LogP contribution in [-0.4, -0.2) is 59.3 Å². The lowest BCUT2D eigenvalue weighted by atomic mass is 9.86. The maximum absolute atomic E-state index is 13.0. The number of nitrogens with one attached hydrogen (secondary N) is 1. The Morgan fingerprint density at radius 3 is 2.00 bits per heavy atom. The zero-order chi connectivity index (χ0) is 31.5. The molecule has 10 nitrogen and oxygen atoms in total. The van der Waals surface area contributed by atoms with Crippen molar-refractivity contribution in [3.05, 3.63) is 71.8 Å². The van der Waals surface area contributed by atoms with E-state index in [0.29, 0.717) is 12.8 Å². The van der Waals surface area contributed by atoms with Gasteiger partial charge in [0, 0.05) is 31.3 Å². The second kappa shape index (κ2) is 15.8. The number of amides is 3. The monoisotopic (exact) mass is 591 g/mol. The molecule has 1 aliphatic rings. The summed E-state index contributed by atoms with van der Waals surface area (Å²) in [5.41, 5.74) is 7.26. The lowest BCUT2D eigenvalue weighted by molar-refractivity contribution is -0.153. The molecule has 1 aliphatic heterocycles. The third kappa shape index (κ3) is 10.2. The minimum absolute atomic E-state index is 0.0393. The predicted octanol–water partition coefficient (Wildman–Crippen LogP) is 2.62. The normalized spacial score (nSPS) is 15.1. The summed E-state index contributed by atoms with van der Waals surface area (Å²) in [5, 5.41) is 2.58. The van der Waals surface area contributed by atoms with Gasteiger partial charge >= 0.3 is 5.97 Å². The molecule has 0 aliphatic carbocycles. The molecule has 1 unspecified atom stereocenters. The summed E-state index contributed by atoms with van der Waals surface area (Å²) >= 11 is 0. The molecule has 0 saturated carbocycles. The molecule has 0 aromatic heterocycles. The highest BCUT2D eigenvalue weighted by atomic mass is 16.5. The van der Waals surface area contributed by atoms with Gasteiger partial charge in [-0.15, -0.1) is 0 Å². The number of likely N-dealkylation sites (tertiary alicyclic amines) is 1. The Balaban J connectivity index is 1.47. The first-order valence-electron chi connectivity index (χ1n) is 14.6. The first kappa shape index (κ1) is 33.2. The van der Waals surface area contributed by atoms with Gasteiger partial charge in [-0.1, -0.05) is 74.5 Å². The van der Waals surface area contributed by atoms with Crippen molar-refractivity contribution in [2.24, 2.45) is 29.4 Å². The van der Waals surface area contributed by atoms with Crippen LogP contribution < -0.4 is 11.1 Å². The van der Waals surface area contributed by atoms with Crippen LogP contribution >= 0.6 is 0 Å². The number of Topliss-reactive ketones (excluding diaryl/α,β-unsaturated/α-hetero) is 2. The average molecular weight is 592 g/mol. The molecule has 1 saturated heterocycles. The first-order valence-corrected chi connectivity index (χ1v) is 14.6. The third-order valence-electron chi connectivity index (χ3n) is 7.54. The van der Waals surface area contributed by atoms with Gasteiger partial charge in [0.15, 0.2) is 0 Å². The SMILES string of the molecule is CC(C)C[C@H](CC(=O)OCc1ccccc1)C(=O)NC(C)C(=O)C(=O)N1CC(C(=O)C[C@@H](Cc2ccccc2)C(N)=O)C1. The lowest BCUT2D eigenvalue weighted by Gasteiger charge is -2.38. The maximum Gasteiger partial charge on any atom is 0.306 e. The van der Waals surface area contributed by atoms with Crippen molar-refractivity contribution < 1.29 is 33.5 Å². The summed E-state index contributed by atoms with van der Waals surface area (Å²) in [6.07, 6.45) is 0.545. The zero-order valence-electron chi connectivity index (χ0n) is 25.0. The fraction of sp³-hybridized carbons (Fsp3) is 0.455. The summed E-state index contributed by atoms with van der Waals surface area (Å²) in [6.45, 7) is 5.47. The van der Waals surface area contributed by atoms with Gasteiger partial charge in [0.1, 0.15) is 12.4 Å². The summed E-state index contributed by atoms with van der Waals surface area (Å²) in [7, 11) is 0. The number of esters is 1. The molecule has 2 aromatic carbocycles. The lowest BCUT2D eigenvalue weighted by Crippen LogP contribution is -2.58. The summed E-state index contributed by atoms with van der Waals surface area (Å²) in [5.74, 6) is -5.18. The van der Waals surface area contributed by atoms with Gasteiger partial charge in [-0.05, 0) is 36.8 Å². The van der Waals surface area contributed by atoms with E-state index in [1.165, 1.54) is 11.8 Å². The molecule has 1 heterocycles. The summed E-state index contributed by atoms with van der Waals surface area (Å²) < 4.78 is 5.33. The predicted molar refractivity (Wildman–Crippen MR) is 159 cm³/mol. The molecular weight excluding hydrogens is 550 g/mol. The standard InChI is InChI=1S/C33H41N3O7/c1-21(2)14-26(17-29(38)43-20-24-12-8-5-9-13-24)32(41)35-22(3)30(39)33(42)36-18-27(19-36)28(37)16-25(31(34)40)15-23-10-6-4-7-11-23/h4-13,21-22,25-27H,14-20H2,1-3H3,(H2,34,40)(H,35,41)/t22?,25-,26-/m1/s1. The Labute approximate surface area is 252 Å². The number of ketones is 2. The Bertz CT molecular complexity index is 1290. The van der Waals surface area contributed by atoms with Gasteiger partial charge in [-0.25, -0.2) is 0 Å². The van der Waals surface area contributed by atoms with E-state index >= 15 is 0 Å². The Kier molecular flexibility index (Phi) is 12.2. The van der Waals surface area contributed by atoms with Crippen LogP contribution in [0.5, 0.6) is 0 Å². The van der Waals surface area contributed by atoms with Gasteiger partial charge < -0.3 is 20.7 Å². The molecule has 0 bridgehead atoms. The van der Waals surface area contributed by atoms with Crippen molar-refractivity contribution in [1.82, 2.24) is 10.2 Å². The van der Waals surface area contributed by atoms with E-state index in [4.69, 9.17) is 10.5 Å². The quantitative estimate of drug-likeness (QED) is 0.225. The zero-order valence-corrected chi connectivity index (χ0v) is 25.0. The molecule has 43 heavy (non-hydrogen) atoms.